The number of amides is 1. The zero-order valence-electron chi connectivity index (χ0n) is 14.6. The van der Waals surface area contributed by atoms with E-state index in [4.69, 9.17) is 4.74 Å². The molecule has 2 aromatic rings. The van der Waals surface area contributed by atoms with E-state index in [2.05, 4.69) is 10.4 Å². The van der Waals surface area contributed by atoms with Gasteiger partial charge in [-0.05, 0) is 42.9 Å². The maximum atomic E-state index is 12.7. The van der Waals surface area contributed by atoms with Crippen molar-refractivity contribution in [2.75, 3.05) is 6.61 Å². The number of nitrogens with zero attached hydrogens (tertiary/aromatic N) is 2. The van der Waals surface area contributed by atoms with E-state index < -0.39 is 5.54 Å². The highest BCUT2D eigenvalue weighted by atomic mass is 16.5. The summed E-state index contributed by atoms with van der Waals surface area (Å²) < 4.78 is 6.99. The third-order valence-electron chi connectivity index (χ3n) is 4.62. The first kappa shape index (κ1) is 17.2. The van der Waals surface area contributed by atoms with Crippen molar-refractivity contribution in [2.24, 2.45) is 7.05 Å². The van der Waals surface area contributed by atoms with Crippen LogP contribution < -0.4 is 5.32 Å². The molecular weight excluding hydrogens is 318 g/mol. The minimum Gasteiger partial charge on any atom is -0.464 e. The molecule has 1 amide bonds. The van der Waals surface area contributed by atoms with Gasteiger partial charge in [0.25, 0.3) is 0 Å². The van der Waals surface area contributed by atoms with E-state index in [1.807, 2.05) is 37.5 Å². The number of hydrogen-bond donors (Lipinski definition) is 1. The average molecular weight is 341 g/mol. The number of esters is 1. The maximum absolute atomic E-state index is 12.7. The third kappa shape index (κ3) is 3.43. The van der Waals surface area contributed by atoms with Crippen LogP contribution in [0.25, 0.3) is 0 Å². The third-order valence-corrected chi connectivity index (χ3v) is 4.62. The molecule has 0 fully saturated rings. The molecule has 6 nitrogen and oxygen atoms in total. The van der Waals surface area contributed by atoms with Gasteiger partial charge < -0.3 is 10.1 Å². The van der Waals surface area contributed by atoms with Crippen molar-refractivity contribution in [2.45, 2.75) is 38.1 Å². The fourth-order valence-corrected chi connectivity index (χ4v) is 3.42. The summed E-state index contributed by atoms with van der Waals surface area (Å²) in [4.78, 5) is 25.2. The molecule has 0 saturated carbocycles. The zero-order chi connectivity index (χ0) is 17.9. The summed E-state index contributed by atoms with van der Waals surface area (Å²) >= 11 is 0. The Labute approximate surface area is 147 Å². The summed E-state index contributed by atoms with van der Waals surface area (Å²) in [7, 11) is 1.84. The Morgan fingerprint density at radius 1 is 1.36 bits per heavy atom. The second-order valence-corrected chi connectivity index (χ2v) is 6.35. The van der Waals surface area contributed by atoms with Gasteiger partial charge >= 0.3 is 5.97 Å². The van der Waals surface area contributed by atoms with Crippen LogP contribution in [0.1, 0.15) is 36.5 Å². The number of aromatic nitrogens is 2. The molecule has 0 aliphatic heterocycles. The van der Waals surface area contributed by atoms with E-state index in [-0.39, 0.29) is 18.5 Å². The van der Waals surface area contributed by atoms with E-state index in [0.717, 1.165) is 23.1 Å². The monoisotopic (exact) mass is 341 g/mol. The van der Waals surface area contributed by atoms with E-state index in [1.54, 1.807) is 17.8 Å². The molecule has 1 heterocycles. The van der Waals surface area contributed by atoms with E-state index in [0.29, 0.717) is 19.3 Å². The van der Waals surface area contributed by atoms with Gasteiger partial charge in [-0.15, -0.1) is 0 Å². The van der Waals surface area contributed by atoms with Crippen molar-refractivity contribution in [3.05, 3.63) is 53.3 Å². The lowest BCUT2D eigenvalue weighted by Gasteiger charge is -2.29. The molecule has 1 aromatic carbocycles. The summed E-state index contributed by atoms with van der Waals surface area (Å²) in [5.41, 5.74) is 1.86. The number of rotatable bonds is 6. The fourth-order valence-electron chi connectivity index (χ4n) is 3.42. The molecular formula is C19H23N3O3. The second-order valence-electron chi connectivity index (χ2n) is 6.35. The Morgan fingerprint density at radius 3 is 2.88 bits per heavy atom. The second kappa shape index (κ2) is 7.09. The Kier molecular flexibility index (Phi) is 4.88. The molecule has 0 radical (unpaired) electrons. The minimum atomic E-state index is -1.07. The van der Waals surface area contributed by atoms with Gasteiger partial charge in [0, 0.05) is 19.7 Å². The van der Waals surface area contributed by atoms with E-state index in [1.165, 1.54) is 0 Å². The number of carbonyl (C=O) groups excluding carboxylic acids is 2. The standard InChI is InChI=1S/C19H23N3O3/c1-3-25-18(24)19(11-10-15-6-4-5-7-16(15)19)21-17(23)9-8-14-12-20-22(2)13-14/h4-7,12-13H,3,8-11H2,1-2H3,(H,21,23). The molecule has 132 valence electrons. The highest BCUT2D eigenvalue weighted by Crippen LogP contribution is 2.38. The lowest BCUT2D eigenvalue weighted by atomic mass is 9.91. The normalized spacial score (nSPS) is 18.6. The number of hydrogen-bond acceptors (Lipinski definition) is 4. The van der Waals surface area contributed by atoms with Gasteiger partial charge in [0.05, 0.1) is 12.8 Å². The van der Waals surface area contributed by atoms with Crippen LogP contribution in [-0.2, 0) is 39.8 Å². The topological polar surface area (TPSA) is 73.2 Å². The van der Waals surface area contributed by atoms with Crippen molar-refractivity contribution in [1.29, 1.82) is 0 Å². The molecule has 1 atom stereocenters. The Bertz CT molecular complexity index is 784. The number of nitrogens with one attached hydrogen (secondary N) is 1. The van der Waals surface area contributed by atoms with Gasteiger partial charge in [0.1, 0.15) is 0 Å². The lowest BCUT2D eigenvalue weighted by Crippen LogP contribution is -2.51. The largest absolute Gasteiger partial charge is 0.464 e. The fraction of sp³-hybridized carbons (Fsp3) is 0.421. The SMILES string of the molecule is CCOC(=O)C1(NC(=O)CCc2cnn(C)c2)CCc2ccccc21. The predicted octanol–water partition coefficient (Wildman–Crippen LogP) is 1.87. The van der Waals surface area contributed by atoms with Gasteiger partial charge in [0.2, 0.25) is 5.91 Å². The molecule has 1 N–H and O–H groups in total. The van der Waals surface area contributed by atoms with Crippen LogP contribution in [0, 0.1) is 0 Å². The molecule has 0 saturated heterocycles. The van der Waals surface area contributed by atoms with Gasteiger partial charge in [0.15, 0.2) is 5.54 Å². The summed E-state index contributed by atoms with van der Waals surface area (Å²) in [5.74, 6) is -0.539. The van der Waals surface area contributed by atoms with Gasteiger partial charge in [-0.2, -0.15) is 5.10 Å². The van der Waals surface area contributed by atoms with Crippen LogP contribution in [0.15, 0.2) is 36.7 Å². The number of aryl methyl sites for hydroxylation is 3. The molecule has 1 aromatic heterocycles. The first-order chi connectivity index (χ1) is 12.0. The van der Waals surface area contributed by atoms with Crippen LogP contribution in [0.3, 0.4) is 0 Å². The van der Waals surface area contributed by atoms with Crippen molar-refractivity contribution < 1.29 is 14.3 Å². The molecule has 1 unspecified atom stereocenters. The molecule has 25 heavy (non-hydrogen) atoms. The summed E-state index contributed by atoms with van der Waals surface area (Å²) in [6.45, 7) is 2.06. The minimum absolute atomic E-state index is 0.159. The van der Waals surface area contributed by atoms with Crippen LogP contribution >= 0.6 is 0 Å². The Hall–Kier alpha value is -2.63. The van der Waals surface area contributed by atoms with Gasteiger partial charge in [-0.25, -0.2) is 4.79 Å². The number of carbonyl (C=O) groups is 2. The van der Waals surface area contributed by atoms with Gasteiger partial charge in [-0.3, -0.25) is 9.48 Å². The first-order valence-corrected chi connectivity index (χ1v) is 8.59. The zero-order valence-corrected chi connectivity index (χ0v) is 14.6. The molecule has 0 spiro atoms. The molecule has 1 aliphatic rings. The number of fused-ring (bicyclic) bond motifs is 1. The first-order valence-electron chi connectivity index (χ1n) is 8.59. The van der Waals surface area contributed by atoms with Crippen molar-refractivity contribution in [3.63, 3.8) is 0 Å². The number of benzene rings is 1. The predicted molar refractivity (Wildman–Crippen MR) is 92.7 cm³/mol. The summed E-state index contributed by atoms with van der Waals surface area (Å²) in [6.07, 6.45) is 5.80. The average Bonchev–Trinajstić information content (AvgIpc) is 3.18. The molecule has 1 aliphatic carbocycles. The highest BCUT2D eigenvalue weighted by Gasteiger charge is 2.47. The Morgan fingerprint density at radius 2 is 2.16 bits per heavy atom. The van der Waals surface area contributed by atoms with E-state index >= 15 is 0 Å². The van der Waals surface area contributed by atoms with Crippen molar-refractivity contribution in [3.8, 4) is 0 Å². The number of ether oxygens (including phenoxy) is 1. The quantitative estimate of drug-likeness (QED) is 0.814. The van der Waals surface area contributed by atoms with Crippen LogP contribution in [0.5, 0.6) is 0 Å². The molecule has 0 bridgehead atoms. The Balaban J connectivity index is 1.77. The van der Waals surface area contributed by atoms with Crippen LogP contribution in [0.2, 0.25) is 0 Å². The van der Waals surface area contributed by atoms with Crippen LogP contribution in [0.4, 0.5) is 0 Å². The summed E-state index contributed by atoms with van der Waals surface area (Å²) in [5, 5.41) is 7.07. The molecule has 3 rings (SSSR count). The lowest BCUT2D eigenvalue weighted by molar-refractivity contribution is -0.154. The smallest absolute Gasteiger partial charge is 0.336 e. The maximum Gasteiger partial charge on any atom is 0.336 e. The summed E-state index contributed by atoms with van der Waals surface area (Å²) in [6, 6.07) is 7.74. The van der Waals surface area contributed by atoms with E-state index in [9.17, 15) is 9.59 Å². The van der Waals surface area contributed by atoms with Gasteiger partial charge in [-0.1, -0.05) is 24.3 Å². The van der Waals surface area contributed by atoms with Crippen LogP contribution in [-0.4, -0.2) is 28.3 Å². The van der Waals surface area contributed by atoms with Crippen molar-refractivity contribution in [1.82, 2.24) is 15.1 Å². The van der Waals surface area contributed by atoms with Crippen molar-refractivity contribution >= 4 is 11.9 Å². The highest BCUT2D eigenvalue weighted by molar-refractivity contribution is 5.90. The molecule has 6 heteroatoms.